The normalized spacial score (nSPS) is 12.0. The summed E-state index contributed by atoms with van der Waals surface area (Å²) in [5, 5.41) is 9.11. The van der Waals surface area contributed by atoms with Crippen LogP contribution in [-0.4, -0.2) is 4.57 Å². The molecule has 3 heterocycles. The standard InChI is InChI=1S/C46H28N2O2/c1-2-13-29(14-3-1)47-37-20-9-6-18-35(37)46-38(47)21-12-22-39(46)48(30-25-26-33-32-16-7-10-23-41(32)49-43(33)27-30)40-28-44-45(34-17-5-4-15-31(34)40)36-19-8-11-24-42(36)50-44/h1-28H. The van der Waals surface area contributed by atoms with Gasteiger partial charge in [0.2, 0.25) is 0 Å². The van der Waals surface area contributed by atoms with Crippen LogP contribution in [-0.2, 0) is 0 Å². The molecular weight excluding hydrogens is 613 g/mol. The van der Waals surface area contributed by atoms with E-state index in [1.165, 1.54) is 10.8 Å². The number of anilines is 3. The van der Waals surface area contributed by atoms with Gasteiger partial charge >= 0.3 is 0 Å². The second-order valence-electron chi connectivity index (χ2n) is 12.9. The number of hydrogen-bond acceptors (Lipinski definition) is 3. The van der Waals surface area contributed by atoms with Crippen LogP contribution in [0.4, 0.5) is 17.1 Å². The zero-order valence-electron chi connectivity index (χ0n) is 26.9. The lowest BCUT2D eigenvalue weighted by molar-refractivity contribution is 0.669. The summed E-state index contributed by atoms with van der Waals surface area (Å²) in [6.07, 6.45) is 0. The van der Waals surface area contributed by atoms with Crippen LogP contribution < -0.4 is 4.90 Å². The lowest BCUT2D eigenvalue weighted by atomic mass is 10.00. The van der Waals surface area contributed by atoms with Gasteiger partial charge in [-0.1, -0.05) is 103 Å². The Morgan fingerprint density at radius 3 is 1.82 bits per heavy atom. The number of nitrogens with zero attached hydrogens (tertiary/aromatic N) is 2. The lowest BCUT2D eigenvalue weighted by Gasteiger charge is -2.28. The third-order valence-corrected chi connectivity index (χ3v) is 10.2. The Morgan fingerprint density at radius 2 is 0.980 bits per heavy atom. The van der Waals surface area contributed by atoms with Crippen LogP contribution in [0.3, 0.4) is 0 Å². The highest BCUT2D eigenvalue weighted by atomic mass is 16.3. The summed E-state index contributed by atoms with van der Waals surface area (Å²) >= 11 is 0. The first kappa shape index (κ1) is 27.2. The van der Waals surface area contributed by atoms with Gasteiger partial charge in [0.25, 0.3) is 0 Å². The molecule has 0 fully saturated rings. The van der Waals surface area contributed by atoms with Crippen molar-refractivity contribution in [2.75, 3.05) is 4.90 Å². The van der Waals surface area contributed by atoms with Crippen LogP contribution in [0.15, 0.2) is 179 Å². The first-order valence-corrected chi connectivity index (χ1v) is 16.9. The summed E-state index contributed by atoms with van der Waals surface area (Å²) in [4.78, 5) is 2.39. The molecule has 0 unspecified atom stereocenters. The molecule has 0 bridgehead atoms. The number of para-hydroxylation sites is 4. The summed E-state index contributed by atoms with van der Waals surface area (Å²) < 4.78 is 15.5. The maximum absolute atomic E-state index is 6.60. The molecule has 50 heavy (non-hydrogen) atoms. The van der Waals surface area contributed by atoms with E-state index in [-0.39, 0.29) is 0 Å². The van der Waals surface area contributed by atoms with Crippen molar-refractivity contribution in [2.24, 2.45) is 0 Å². The van der Waals surface area contributed by atoms with E-state index < -0.39 is 0 Å². The predicted molar refractivity (Wildman–Crippen MR) is 208 cm³/mol. The average molecular weight is 641 g/mol. The van der Waals surface area contributed by atoms with Gasteiger partial charge in [0.15, 0.2) is 0 Å². The smallest absolute Gasteiger partial charge is 0.138 e. The fourth-order valence-corrected chi connectivity index (χ4v) is 8.06. The zero-order chi connectivity index (χ0) is 32.8. The first-order chi connectivity index (χ1) is 24.8. The number of benzene rings is 8. The number of fused-ring (bicyclic) bond motifs is 11. The van der Waals surface area contributed by atoms with Crippen LogP contribution in [0.5, 0.6) is 0 Å². The third kappa shape index (κ3) is 3.81. The van der Waals surface area contributed by atoms with E-state index in [9.17, 15) is 0 Å². The molecule has 8 aromatic carbocycles. The quantitative estimate of drug-likeness (QED) is 0.192. The van der Waals surface area contributed by atoms with Gasteiger partial charge in [-0.05, 0) is 60.0 Å². The van der Waals surface area contributed by atoms with Crippen LogP contribution in [0.1, 0.15) is 0 Å². The average Bonchev–Trinajstić information content (AvgIpc) is 3.85. The molecule has 3 aromatic heterocycles. The molecule has 0 spiro atoms. The zero-order valence-corrected chi connectivity index (χ0v) is 26.9. The minimum Gasteiger partial charge on any atom is -0.456 e. The van der Waals surface area contributed by atoms with Gasteiger partial charge in [0, 0.05) is 61.2 Å². The lowest BCUT2D eigenvalue weighted by Crippen LogP contribution is -2.11. The summed E-state index contributed by atoms with van der Waals surface area (Å²) in [6, 6.07) is 60.0. The van der Waals surface area contributed by atoms with Gasteiger partial charge in [0.1, 0.15) is 22.3 Å². The van der Waals surface area contributed by atoms with Crippen molar-refractivity contribution < 1.29 is 8.83 Å². The van der Waals surface area contributed by atoms with Gasteiger partial charge in [-0.3, -0.25) is 0 Å². The van der Waals surface area contributed by atoms with Crippen molar-refractivity contribution in [1.82, 2.24) is 4.57 Å². The summed E-state index contributed by atoms with van der Waals surface area (Å²) in [6.45, 7) is 0. The van der Waals surface area contributed by atoms with Crippen molar-refractivity contribution in [3.63, 3.8) is 0 Å². The second kappa shape index (κ2) is 10.4. The van der Waals surface area contributed by atoms with Gasteiger partial charge in [0.05, 0.1) is 22.4 Å². The van der Waals surface area contributed by atoms with E-state index in [1.807, 2.05) is 18.2 Å². The molecule has 0 aliphatic rings. The molecule has 0 saturated heterocycles. The molecule has 234 valence electrons. The van der Waals surface area contributed by atoms with E-state index >= 15 is 0 Å². The Labute approximate surface area is 286 Å². The Kier molecular flexibility index (Phi) is 5.63. The molecule has 0 saturated carbocycles. The molecule has 0 aliphatic heterocycles. The van der Waals surface area contributed by atoms with Crippen molar-refractivity contribution >= 4 is 93.5 Å². The molecule has 0 amide bonds. The summed E-state index contributed by atoms with van der Waals surface area (Å²) in [7, 11) is 0. The topological polar surface area (TPSA) is 34.5 Å². The van der Waals surface area contributed by atoms with Crippen LogP contribution in [0, 0.1) is 0 Å². The van der Waals surface area contributed by atoms with E-state index in [2.05, 4.69) is 161 Å². The Balaban J connectivity index is 1.28. The fraction of sp³-hybridized carbons (Fsp3) is 0. The van der Waals surface area contributed by atoms with Gasteiger partial charge in [-0.2, -0.15) is 0 Å². The highest BCUT2D eigenvalue weighted by molar-refractivity contribution is 6.24. The minimum atomic E-state index is 0.849. The molecular formula is C46H28N2O2. The molecule has 4 heteroatoms. The van der Waals surface area contributed by atoms with Crippen LogP contribution in [0.2, 0.25) is 0 Å². The highest BCUT2D eigenvalue weighted by Gasteiger charge is 2.25. The summed E-state index contributed by atoms with van der Waals surface area (Å²) in [5.74, 6) is 0. The van der Waals surface area contributed by atoms with Crippen molar-refractivity contribution in [3.05, 3.63) is 170 Å². The fourth-order valence-electron chi connectivity index (χ4n) is 8.06. The SMILES string of the molecule is c1ccc(-n2c3ccccc3c3c(N(c4ccc5c(c4)oc4ccccc45)c4cc5oc6ccccc6c5c5ccccc45)cccc32)cc1. The Morgan fingerprint density at radius 1 is 0.360 bits per heavy atom. The van der Waals surface area contributed by atoms with E-state index in [4.69, 9.17) is 8.83 Å². The predicted octanol–water partition coefficient (Wildman–Crippen LogP) is 13.2. The van der Waals surface area contributed by atoms with E-state index in [0.29, 0.717) is 0 Å². The van der Waals surface area contributed by atoms with Crippen LogP contribution in [0.25, 0.3) is 82.1 Å². The minimum absolute atomic E-state index is 0.849. The number of aromatic nitrogens is 1. The Hall–Kier alpha value is -6.78. The van der Waals surface area contributed by atoms with E-state index in [1.54, 1.807) is 0 Å². The Bertz CT molecular complexity index is 3110. The maximum atomic E-state index is 6.60. The van der Waals surface area contributed by atoms with Crippen LogP contribution >= 0.6 is 0 Å². The van der Waals surface area contributed by atoms with Crippen molar-refractivity contribution in [2.45, 2.75) is 0 Å². The second-order valence-corrected chi connectivity index (χ2v) is 12.9. The van der Waals surface area contributed by atoms with E-state index in [0.717, 1.165) is 88.4 Å². The molecule has 0 atom stereocenters. The van der Waals surface area contributed by atoms with Gasteiger partial charge in [-0.15, -0.1) is 0 Å². The van der Waals surface area contributed by atoms with Gasteiger partial charge < -0.3 is 18.3 Å². The molecule has 0 radical (unpaired) electrons. The van der Waals surface area contributed by atoms with Crippen molar-refractivity contribution in [3.8, 4) is 5.69 Å². The number of furan rings is 2. The molecule has 11 rings (SSSR count). The number of rotatable bonds is 4. The third-order valence-electron chi connectivity index (χ3n) is 10.2. The monoisotopic (exact) mass is 640 g/mol. The van der Waals surface area contributed by atoms with Crippen molar-refractivity contribution in [1.29, 1.82) is 0 Å². The maximum Gasteiger partial charge on any atom is 0.138 e. The molecule has 0 N–H and O–H groups in total. The largest absolute Gasteiger partial charge is 0.456 e. The summed E-state index contributed by atoms with van der Waals surface area (Å²) in [5.41, 5.74) is 10.00. The first-order valence-electron chi connectivity index (χ1n) is 16.9. The number of hydrogen-bond donors (Lipinski definition) is 0. The molecule has 11 aromatic rings. The molecule has 0 aliphatic carbocycles. The molecule has 4 nitrogen and oxygen atoms in total. The van der Waals surface area contributed by atoms with Gasteiger partial charge in [-0.25, -0.2) is 0 Å². The highest BCUT2D eigenvalue weighted by Crippen LogP contribution is 2.48.